The molecule has 0 saturated carbocycles. The molecule has 0 aromatic rings. The minimum atomic E-state index is 0.0205. The first-order chi connectivity index (χ1) is 6.63. The minimum Gasteiger partial charge on any atom is -0.388 e. The van der Waals surface area contributed by atoms with Crippen molar-refractivity contribution in [2.45, 2.75) is 12.8 Å². The molecule has 0 radical (unpaired) electrons. The van der Waals surface area contributed by atoms with Crippen molar-refractivity contribution in [3.8, 4) is 0 Å². The number of hydrogen-bond acceptors (Lipinski definition) is 4. The van der Waals surface area contributed by atoms with Gasteiger partial charge >= 0.3 is 0 Å². The lowest BCUT2D eigenvalue weighted by molar-refractivity contribution is 0.956. The predicted molar refractivity (Wildman–Crippen MR) is 66.0 cm³/mol. The average molecular weight is 235 g/mol. The molecule has 0 unspecified atom stereocenters. The van der Waals surface area contributed by atoms with Gasteiger partial charge in [0, 0.05) is 24.5 Å². The Morgan fingerprint density at radius 3 is 2.36 bits per heavy atom. The highest BCUT2D eigenvalue weighted by Crippen LogP contribution is 2.21. The van der Waals surface area contributed by atoms with E-state index in [1.807, 2.05) is 0 Å². The van der Waals surface area contributed by atoms with Crippen molar-refractivity contribution in [2.75, 3.05) is 18.1 Å². The van der Waals surface area contributed by atoms with Crippen LogP contribution < -0.4 is 16.8 Å². The normalized spacial score (nSPS) is 9.71. The number of amidine groups is 1. The predicted octanol–water partition coefficient (Wildman–Crippen LogP) is 0.567. The standard InChI is InChI=1S/C7H17N5S2/c8-6(9)2-1-4-13-14-5-3-12-7(10)11/h1-5H2,(H3,8,9)(H4,10,11,12). The summed E-state index contributed by atoms with van der Waals surface area (Å²) in [6, 6.07) is 0. The van der Waals surface area contributed by atoms with Crippen molar-refractivity contribution in [1.29, 1.82) is 10.8 Å². The van der Waals surface area contributed by atoms with Crippen LogP contribution >= 0.6 is 21.6 Å². The van der Waals surface area contributed by atoms with E-state index in [1.54, 1.807) is 21.6 Å². The van der Waals surface area contributed by atoms with Crippen LogP contribution in [0.15, 0.2) is 0 Å². The Hall–Kier alpha value is -0.560. The summed E-state index contributed by atoms with van der Waals surface area (Å²) in [6.45, 7) is 0.722. The zero-order valence-electron chi connectivity index (χ0n) is 8.01. The number of rotatable bonds is 8. The fraction of sp³-hybridized carbons (Fsp3) is 0.714. The summed E-state index contributed by atoms with van der Waals surface area (Å²) in [7, 11) is 3.50. The molecule has 0 spiro atoms. The largest absolute Gasteiger partial charge is 0.388 e. The van der Waals surface area contributed by atoms with Crippen LogP contribution in [0.5, 0.6) is 0 Å². The van der Waals surface area contributed by atoms with Gasteiger partial charge in [-0.25, -0.2) is 0 Å². The second-order valence-electron chi connectivity index (χ2n) is 2.61. The maximum Gasteiger partial charge on any atom is 0.185 e. The van der Waals surface area contributed by atoms with Crippen LogP contribution in [0.2, 0.25) is 0 Å². The van der Waals surface area contributed by atoms with Crippen molar-refractivity contribution < 1.29 is 0 Å². The van der Waals surface area contributed by atoms with E-state index < -0.39 is 0 Å². The van der Waals surface area contributed by atoms with Gasteiger partial charge in [0.1, 0.15) is 0 Å². The smallest absolute Gasteiger partial charge is 0.185 e. The summed E-state index contributed by atoms with van der Waals surface area (Å²) in [5.41, 5.74) is 10.3. The van der Waals surface area contributed by atoms with E-state index in [1.165, 1.54) is 0 Å². The van der Waals surface area contributed by atoms with Crippen molar-refractivity contribution in [3.05, 3.63) is 0 Å². The first-order valence-electron chi connectivity index (χ1n) is 4.28. The second-order valence-corrected chi connectivity index (χ2v) is 5.32. The topological polar surface area (TPSA) is 112 Å². The van der Waals surface area contributed by atoms with Gasteiger partial charge in [-0.1, -0.05) is 21.6 Å². The molecule has 0 bridgehead atoms. The van der Waals surface area contributed by atoms with Crippen molar-refractivity contribution in [2.24, 2.45) is 11.5 Å². The number of guanidine groups is 1. The van der Waals surface area contributed by atoms with Crippen LogP contribution in [-0.4, -0.2) is 29.8 Å². The van der Waals surface area contributed by atoms with Gasteiger partial charge in [-0.2, -0.15) is 0 Å². The lowest BCUT2D eigenvalue weighted by Gasteiger charge is -2.02. The summed E-state index contributed by atoms with van der Waals surface area (Å²) in [4.78, 5) is 0. The quantitative estimate of drug-likeness (QED) is 0.183. The molecule has 0 rings (SSSR count). The van der Waals surface area contributed by atoms with E-state index in [0.29, 0.717) is 6.42 Å². The summed E-state index contributed by atoms with van der Waals surface area (Å²) in [5.74, 6) is 2.20. The number of nitrogens with two attached hydrogens (primary N) is 2. The molecule has 0 atom stereocenters. The van der Waals surface area contributed by atoms with E-state index in [-0.39, 0.29) is 11.8 Å². The minimum absolute atomic E-state index is 0.0205. The molecule has 0 fully saturated rings. The third kappa shape index (κ3) is 11.4. The Morgan fingerprint density at radius 2 is 1.79 bits per heavy atom. The van der Waals surface area contributed by atoms with Crippen LogP contribution in [0.25, 0.3) is 0 Å². The van der Waals surface area contributed by atoms with E-state index in [9.17, 15) is 0 Å². The molecule has 0 aliphatic carbocycles. The van der Waals surface area contributed by atoms with Gasteiger partial charge in [-0.05, 0) is 6.42 Å². The van der Waals surface area contributed by atoms with Crippen LogP contribution in [0.1, 0.15) is 12.8 Å². The molecule has 7 heteroatoms. The molecule has 5 nitrogen and oxygen atoms in total. The van der Waals surface area contributed by atoms with E-state index in [4.69, 9.17) is 22.3 Å². The third-order valence-corrected chi connectivity index (χ3v) is 3.75. The Kier molecular flexibility index (Phi) is 8.65. The zero-order valence-corrected chi connectivity index (χ0v) is 9.64. The molecule has 0 heterocycles. The molecule has 0 aliphatic heterocycles. The highest BCUT2D eigenvalue weighted by molar-refractivity contribution is 8.76. The highest BCUT2D eigenvalue weighted by atomic mass is 33.1. The van der Waals surface area contributed by atoms with Gasteiger partial charge in [0.15, 0.2) is 5.96 Å². The molecule has 7 N–H and O–H groups in total. The Morgan fingerprint density at radius 1 is 1.14 bits per heavy atom. The van der Waals surface area contributed by atoms with Gasteiger partial charge in [-0.3, -0.25) is 10.8 Å². The van der Waals surface area contributed by atoms with Gasteiger partial charge in [0.05, 0.1) is 5.84 Å². The summed E-state index contributed by atoms with van der Waals surface area (Å²) in [5, 5.41) is 16.6. The van der Waals surface area contributed by atoms with E-state index >= 15 is 0 Å². The van der Waals surface area contributed by atoms with Crippen LogP contribution in [0.4, 0.5) is 0 Å². The third-order valence-electron chi connectivity index (χ3n) is 1.26. The van der Waals surface area contributed by atoms with Gasteiger partial charge in [0.25, 0.3) is 0 Å². The molecule has 0 aromatic heterocycles. The number of hydrogen-bond donors (Lipinski definition) is 5. The molecule has 0 aliphatic rings. The fourth-order valence-corrected chi connectivity index (χ4v) is 2.66. The average Bonchev–Trinajstić information content (AvgIpc) is 2.08. The van der Waals surface area contributed by atoms with Crippen molar-refractivity contribution in [1.82, 2.24) is 5.32 Å². The van der Waals surface area contributed by atoms with Crippen molar-refractivity contribution >= 4 is 33.4 Å². The molecular formula is C7H17N5S2. The Bertz CT molecular complexity index is 165. The first-order valence-corrected chi connectivity index (χ1v) is 6.77. The number of nitrogens with one attached hydrogen (secondary N) is 3. The maximum atomic E-state index is 7.00. The van der Waals surface area contributed by atoms with Crippen LogP contribution in [0, 0.1) is 10.8 Å². The van der Waals surface area contributed by atoms with Crippen LogP contribution in [0.3, 0.4) is 0 Å². The van der Waals surface area contributed by atoms with Gasteiger partial charge in [0.2, 0.25) is 0 Å². The maximum absolute atomic E-state index is 7.00. The summed E-state index contributed by atoms with van der Waals surface area (Å²) < 4.78 is 0. The van der Waals surface area contributed by atoms with Crippen molar-refractivity contribution in [3.63, 3.8) is 0 Å². The Labute approximate surface area is 92.2 Å². The summed E-state index contributed by atoms with van der Waals surface area (Å²) in [6.07, 6.45) is 1.63. The van der Waals surface area contributed by atoms with E-state index in [0.717, 1.165) is 24.5 Å². The second kappa shape index (κ2) is 9.01. The SMILES string of the molecule is N=C(N)CCCSSCCNC(=N)N. The van der Waals surface area contributed by atoms with E-state index in [2.05, 4.69) is 5.32 Å². The molecule has 14 heavy (non-hydrogen) atoms. The summed E-state index contributed by atoms with van der Waals surface area (Å²) >= 11 is 0. The molecular weight excluding hydrogens is 218 g/mol. The highest BCUT2D eigenvalue weighted by Gasteiger charge is 1.93. The first kappa shape index (κ1) is 13.4. The lowest BCUT2D eigenvalue weighted by Crippen LogP contribution is -2.31. The monoisotopic (exact) mass is 235 g/mol. The fourth-order valence-electron chi connectivity index (χ4n) is 0.667. The lowest BCUT2D eigenvalue weighted by atomic mass is 10.3. The van der Waals surface area contributed by atoms with Gasteiger partial charge in [-0.15, -0.1) is 0 Å². The molecule has 82 valence electrons. The zero-order chi connectivity index (χ0) is 10.8. The Balaban J connectivity index is 2.99. The van der Waals surface area contributed by atoms with Crippen LogP contribution in [-0.2, 0) is 0 Å². The molecule has 0 amide bonds. The molecule has 0 saturated heterocycles. The van der Waals surface area contributed by atoms with Gasteiger partial charge < -0.3 is 16.8 Å². The molecule has 0 aromatic carbocycles.